The summed E-state index contributed by atoms with van der Waals surface area (Å²) in [7, 11) is 0. The summed E-state index contributed by atoms with van der Waals surface area (Å²) < 4.78 is 13.3. The minimum atomic E-state index is -1.07. The highest BCUT2D eigenvalue weighted by Crippen LogP contribution is 2.27. The van der Waals surface area contributed by atoms with Crippen LogP contribution in [0.25, 0.3) is 0 Å². The van der Waals surface area contributed by atoms with Crippen LogP contribution in [0.4, 0.5) is 4.39 Å². The van der Waals surface area contributed by atoms with Gasteiger partial charge in [0.25, 0.3) is 0 Å². The molecule has 1 N–H and O–H groups in total. The van der Waals surface area contributed by atoms with Gasteiger partial charge < -0.3 is 5.11 Å². The molecule has 0 radical (unpaired) electrons. The third kappa shape index (κ3) is 3.21. The maximum Gasteiger partial charge on any atom is 0.123 e. The van der Waals surface area contributed by atoms with Crippen LogP contribution in [0.5, 0.6) is 0 Å². The predicted molar refractivity (Wildman–Crippen MR) is 75.6 cm³/mol. The van der Waals surface area contributed by atoms with Crippen molar-refractivity contribution in [3.05, 3.63) is 70.5 Å². The molecule has 0 saturated carbocycles. The highest BCUT2D eigenvalue weighted by Gasteiger charge is 2.24. The lowest BCUT2D eigenvalue weighted by Crippen LogP contribution is -2.24. The molecule has 0 spiro atoms. The first-order chi connectivity index (χ1) is 8.88. The van der Waals surface area contributed by atoms with E-state index in [0.29, 0.717) is 12.0 Å². The molecule has 1 nitrogen and oxygen atoms in total. The van der Waals surface area contributed by atoms with E-state index < -0.39 is 5.60 Å². The van der Waals surface area contributed by atoms with E-state index in [-0.39, 0.29) is 5.82 Å². The van der Waals surface area contributed by atoms with E-state index in [1.165, 1.54) is 12.1 Å². The maximum atomic E-state index is 13.3. The second-order valence-corrected chi connectivity index (χ2v) is 5.39. The highest BCUT2D eigenvalue weighted by atomic mass is 19.1. The Kier molecular flexibility index (Phi) is 3.72. The molecule has 1 unspecified atom stereocenters. The lowest BCUT2D eigenvalue weighted by atomic mass is 9.87. The maximum absolute atomic E-state index is 13.3. The summed E-state index contributed by atoms with van der Waals surface area (Å²) in [5.74, 6) is -0.321. The number of aliphatic hydroxyl groups is 1. The average molecular weight is 258 g/mol. The van der Waals surface area contributed by atoms with E-state index >= 15 is 0 Å². The molecular formula is C17H19FO. The molecule has 0 amide bonds. The minimum absolute atomic E-state index is 0.321. The second kappa shape index (κ2) is 5.14. The first kappa shape index (κ1) is 13.8. The smallest absolute Gasteiger partial charge is 0.123 e. The molecule has 0 heterocycles. The zero-order valence-corrected chi connectivity index (χ0v) is 11.6. The molecule has 0 bridgehead atoms. The van der Waals surface area contributed by atoms with Crippen LogP contribution in [-0.2, 0) is 12.0 Å². The van der Waals surface area contributed by atoms with Crippen LogP contribution < -0.4 is 0 Å². The van der Waals surface area contributed by atoms with Gasteiger partial charge in [0, 0.05) is 6.42 Å². The molecule has 0 aliphatic heterocycles. The van der Waals surface area contributed by atoms with Gasteiger partial charge in [0.1, 0.15) is 5.82 Å². The van der Waals surface area contributed by atoms with Crippen molar-refractivity contribution in [1.82, 2.24) is 0 Å². The molecule has 2 aromatic rings. The summed E-state index contributed by atoms with van der Waals surface area (Å²) in [5, 5.41) is 10.6. The van der Waals surface area contributed by atoms with Crippen LogP contribution in [0, 0.1) is 19.7 Å². The van der Waals surface area contributed by atoms with Crippen molar-refractivity contribution in [2.24, 2.45) is 0 Å². The lowest BCUT2D eigenvalue weighted by Gasteiger charge is -2.25. The molecule has 0 fully saturated rings. The normalized spacial score (nSPS) is 14.2. The van der Waals surface area contributed by atoms with Gasteiger partial charge in [0.2, 0.25) is 0 Å². The fraction of sp³-hybridized carbons (Fsp3) is 0.294. The number of aryl methyl sites for hydroxylation is 2. The van der Waals surface area contributed by atoms with Crippen LogP contribution in [0.15, 0.2) is 42.5 Å². The molecule has 1 atom stereocenters. The van der Waals surface area contributed by atoms with Crippen molar-refractivity contribution < 1.29 is 9.50 Å². The summed E-state index contributed by atoms with van der Waals surface area (Å²) in [6.45, 7) is 5.78. The standard InChI is InChI=1S/C17H19FO/c1-12-7-8-13(2)14(9-12)11-17(3,19)15-5-4-6-16(18)10-15/h4-10,19H,11H2,1-3H3. The Labute approximate surface area is 113 Å². The lowest BCUT2D eigenvalue weighted by molar-refractivity contribution is 0.0571. The molecule has 2 rings (SSSR count). The molecule has 19 heavy (non-hydrogen) atoms. The van der Waals surface area contributed by atoms with Crippen LogP contribution in [0.1, 0.15) is 29.2 Å². The van der Waals surface area contributed by atoms with E-state index in [9.17, 15) is 9.50 Å². The van der Waals surface area contributed by atoms with Gasteiger partial charge in [0.05, 0.1) is 5.60 Å². The number of halogens is 1. The number of benzene rings is 2. The summed E-state index contributed by atoms with van der Waals surface area (Å²) in [4.78, 5) is 0. The predicted octanol–water partition coefficient (Wildman–Crippen LogP) is 3.89. The molecule has 2 heteroatoms. The summed E-state index contributed by atoms with van der Waals surface area (Å²) in [6.07, 6.45) is 0.476. The fourth-order valence-corrected chi connectivity index (χ4v) is 2.29. The van der Waals surface area contributed by atoms with Gasteiger partial charge in [-0.2, -0.15) is 0 Å². The monoisotopic (exact) mass is 258 g/mol. The second-order valence-electron chi connectivity index (χ2n) is 5.39. The SMILES string of the molecule is Cc1ccc(C)c(CC(C)(O)c2cccc(F)c2)c1. The van der Waals surface area contributed by atoms with E-state index in [0.717, 1.165) is 16.7 Å². The zero-order valence-electron chi connectivity index (χ0n) is 11.6. The van der Waals surface area contributed by atoms with Crippen LogP contribution in [0.3, 0.4) is 0 Å². The Morgan fingerprint density at radius 2 is 1.84 bits per heavy atom. The summed E-state index contributed by atoms with van der Waals surface area (Å²) >= 11 is 0. The van der Waals surface area contributed by atoms with Gasteiger partial charge in [-0.05, 0) is 49.6 Å². The summed E-state index contributed by atoms with van der Waals surface area (Å²) in [5.41, 5.74) is 2.93. The Balaban J connectivity index is 2.33. The van der Waals surface area contributed by atoms with Crippen LogP contribution >= 0.6 is 0 Å². The third-order valence-electron chi connectivity index (χ3n) is 3.49. The van der Waals surface area contributed by atoms with Gasteiger partial charge in [-0.1, -0.05) is 35.9 Å². The zero-order chi connectivity index (χ0) is 14.0. The van der Waals surface area contributed by atoms with Crippen LogP contribution in [-0.4, -0.2) is 5.11 Å². The van der Waals surface area contributed by atoms with Gasteiger partial charge in [-0.3, -0.25) is 0 Å². The van der Waals surface area contributed by atoms with E-state index in [1.807, 2.05) is 19.9 Å². The quantitative estimate of drug-likeness (QED) is 0.885. The Bertz CT molecular complexity index is 588. The van der Waals surface area contributed by atoms with Gasteiger partial charge >= 0.3 is 0 Å². The molecule has 0 aliphatic carbocycles. The van der Waals surface area contributed by atoms with Gasteiger partial charge in [-0.25, -0.2) is 4.39 Å². The summed E-state index contributed by atoms with van der Waals surface area (Å²) in [6, 6.07) is 12.3. The van der Waals surface area contributed by atoms with Crippen molar-refractivity contribution in [3.8, 4) is 0 Å². The van der Waals surface area contributed by atoms with E-state index in [4.69, 9.17) is 0 Å². The molecule has 0 saturated heterocycles. The average Bonchev–Trinajstić information content (AvgIpc) is 2.33. The first-order valence-electron chi connectivity index (χ1n) is 6.43. The Morgan fingerprint density at radius 1 is 1.11 bits per heavy atom. The van der Waals surface area contributed by atoms with Crippen molar-refractivity contribution in [2.45, 2.75) is 32.8 Å². The van der Waals surface area contributed by atoms with Gasteiger partial charge in [-0.15, -0.1) is 0 Å². The Morgan fingerprint density at radius 3 is 2.53 bits per heavy atom. The van der Waals surface area contributed by atoms with Crippen molar-refractivity contribution in [3.63, 3.8) is 0 Å². The van der Waals surface area contributed by atoms with Crippen LogP contribution in [0.2, 0.25) is 0 Å². The largest absolute Gasteiger partial charge is 0.385 e. The Hall–Kier alpha value is -1.67. The van der Waals surface area contributed by atoms with Crippen molar-refractivity contribution >= 4 is 0 Å². The van der Waals surface area contributed by atoms with Gasteiger partial charge in [0.15, 0.2) is 0 Å². The molecule has 100 valence electrons. The molecule has 0 aliphatic rings. The topological polar surface area (TPSA) is 20.2 Å². The third-order valence-corrected chi connectivity index (χ3v) is 3.49. The molecular weight excluding hydrogens is 239 g/mol. The number of rotatable bonds is 3. The van der Waals surface area contributed by atoms with Crippen molar-refractivity contribution in [1.29, 1.82) is 0 Å². The van der Waals surface area contributed by atoms with E-state index in [2.05, 4.69) is 12.1 Å². The highest BCUT2D eigenvalue weighted by molar-refractivity contribution is 5.34. The minimum Gasteiger partial charge on any atom is -0.385 e. The van der Waals surface area contributed by atoms with Crippen molar-refractivity contribution in [2.75, 3.05) is 0 Å². The molecule has 2 aromatic carbocycles. The first-order valence-corrected chi connectivity index (χ1v) is 6.43. The fourth-order valence-electron chi connectivity index (χ4n) is 2.29. The number of hydrogen-bond donors (Lipinski definition) is 1. The van der Waals surface area contributed by atoms with E-state index in [1.54, 1.807) is 19.1 Å². The number of hydrogen-bond acceptors (Lipinski definition) is 1. The molecule has 0 aromatic heterocycles.